The Labute approximate surface area is 150 Å². The first kappa shape index (κ1) is 22.8. The van der Waals surface area contributed by atoms with Crippen molar-refractivity contribution in [1.29, 1.82) is 0 Å². The van der Waals surface area contributed by atoms with Crippen molar-refractivity contribution >= 4 is 33.2 Å². The molecule has 7 nitrogen and oxygen atoms in total. The summed E-state index contributed by atoms with van der Waals surface area (Å²) in [5.41, 5.74) is 0. The lowest BCUT2D eigenvalue weighted by atomic mass is 10.4. The molecule has 0 N–H and O–H groups in total. The molecule has 1 aliphatic rings. The van der Waals surface area contributed by atoms with Crippen molar-refractivity contribution in [1.82, 2.24) is 9.97 Å². The molecule has 1 atom stereocenters. The van der Waals surface area contributed by atoms with Crippen LogP contribution in [0.2, 0.25) is 0 Å². The molecule has 0 amide bonds. The Balaban J connectivity index is 0.000000448. The van der Waals surface area contributed by atoms with Gasteiger partial charge in [0.25, 0.3) is 0 Å². The number of thiol groups is 1. The van der Waals surface area contributed by atoms with Gasteiger partial charge >= 0.3 is 14.7 Å². The highest BCUT2D eigenvalue weighted by atomic mass is 32.1. The Morgan fingerprint density at radius 2 is 2.00 bits per heavy atom. The zero-order valence-electron chi connectivity index (χ0n) is 14.6. The summed E-state index contributed by atoms with van der Waals surface area (Å²) in [7, 11) is -1.01. The average molecular weight is 376 g/mol. The van der Waals surface area contributed by atoms with Crippen LogP contribution >= 0.6 is 20.9 Å². The Morgan fingerprint density at radius 3 is 2.46 bits per heavy atom. The van der Waals surface area contributed by atoms with Gasteiger partial charge in [-0.25, -0.2) is 9.97 Å². The van der Waals surface area contributed by atoms with Crippen LogP contribution < -0.4 is 4.90 Å². The van der Waals surface area contributed by atoms with Crippen molar-refractivity contribution in [3.63, 3.8) is 0 Å². The van der Waals surface area contributed by atoms with Crippen molar-refractivity contribution < 1.29 is 18.4 Å². The van der Waals surface area contributed by atoms with Gasteiger partial charge in [0, 0.05) is 30.3 Å². The second-order valence-corrected chi connectivity index (χ2v) is 6.28. The van der Waals surface area contributed by atoms with Gasteiger partial charge in [-0.15, -0.1) is 4.52 Å². The van der Waals surface area contributed by atoms with E-state index in [2.05, 4.69) is 50.4 Å². The first-order valence-electron chi connectivity index (χ1n) is 7.92. The van der Waals surface area contributed by atoms with Gasteiger partial charge in [-0.1, -0.05) is 20.3 Å². The largest absolute Gasteiger partial charge is 0.752 e. The van der Waals surface area contributed by atoms with Crippen molar-refractivity contribution in [2.24, 2.45) is 0 Å². The van der Waals surface area contributed by atoms with Crippen LogP contribution in [0.1, 0.15) is 38.9 Å². The number of anilines is 1. The fourth-order valence-electron chi connectivity index (χ4n) is 1.81. The molecule has 1 unspecified atom stereocenters. The molecular weight excluding hydrogens is 349 g/mol. The number of rotatable bonds is 6. The van der Waals surface area contributed by atoms with Crippen molar-refractivity contribution in [2.75, 3.05) is 30.9 Å². The van der Waals surface area contributed by atoms with Crippen molar-refractivity contribution in [3.8, 4) is 0 Å². The molecule has 9 heteroatoms. The lowest BCUT2D eigenvalue weighted by Crippen LogP contribution is -2.19. The van der Waals surface area contributed by atoms with Gasteiger partial charge in [0.15, 0.2) is 0 Å². The summed E-state index contributed by atoms with van der Waals surface area (Å²) in [6.07, 6.45) is 6.52. The highest BCUT2D eigenvalue weighted by molar-refractivity contribution is 7.80. The second kappa shape index (κ2) is 15.3. The number of carbonyl (C=O) groups is 1. The minimum Gasteiger partial charge on any atom is -0.357 e. The summed E-state index contributed by atoms with van der Waals surface area (Å²) >= 11 is 4.18. The maximum Gasteiger partial charge on any atom is 0.752 e. The SMILES string of the molecule is CCC.CO[P+](=O)OC=O.SCCc1nccc(N2CCCC2)n1. The molecule has 0 aromatic carbocycles. The molecule has 1 aliphatic heterocycles. The van der Waals surface area contributed by atoms with E-state index in [0.29, 0.717) is 0 Å². The smallest absolute Gasteiger partial charge is 0.357 e. The summed E-state index contributed by atoms with van der Waals surface area (Å²) in [6.45, 7) is 6.59. The van der Waals surface area contributed by atoms with Gasteiger partial charge in [0.2, 0.25) is 0 Å². The summed E-state index contributed by atoms with van der Waals surface area (Å²) in [6, 6.07) is 1.99. The van der Waals surface area contributed by atoms with Crippen LogP contribution in [-0.2, 0) is 24.8 Å². The molecule has 1 aromatic rings. The van der Waals surface area contributed by atoms with Gasteiger partial charge in [-0.05, 0) is 24.7 Å². The topological polar surface area (TPSA) is 81.6 Å². The van der Waals surface area contributed by atoms with E-state index in [9.17, 15) is 9.36 Å². The minimum absolute atomic E-state index is 0.0716. The molecule has 2 rings (SSSR count). The normalized spacial score (nSPS) is 13.2. The highest BCUT2D eigenvalue weighted by Gasteiger charge is 2.15. The van der Waals surface area contributed by atoms with E-state index in [0.717, 1.165) is 36.9 Å². The fraction of sp³-hybridized carbons (Fsp3) is 0.667. The Morgan fingerprint density at radius 1 is 1.38 bits per heavy atom. The van der Waals surface area contributed by atoms with Gasteiger partial charge in [0.05, 0.1) is 7.11 Å². The molecule has 1 saturated heterocycles. The molecule has 0 saturated carbocycles. The molecule has 2 heterocycles. The minimum atomic E-state index is -2.20. The quantitative estimate of drug-likeness (QED) is 0.463. The van der Waals surface area contributed by atoms with Crippen molar-refractivity contribution in [2.45, 2.75) is 39.5 Å². The van der Waals surface area contributed by atoms with Crippen LogP contribution in [0.4, 0.5) is 5.82 Å². The third-order valence-corrected chi connectivity index (χ3v) is 3.51. The summed E-state index contributed by atoms with van der Waals surface area (Å²) < 4.78 is 17.7. The van der Waals surface area contributed by atoms with E-state index in [1.807, 2.05) is 12.3 Å². The first-order chi connectivity index (χ1) is 11.6. The highest BCUT2D eigenvalue weighted by Crippen LogP contribution is 2.18. The van der Waals surface area contributed by atoms with Crippen LogP contribution in [-0.4, -0.2) is 42.4 Å². The van der Waals surface area contributed by atoms with Gasteiger partial charge < -0.3 is 4.90 Å². The molecule has 136 valence electrons. The predicted molar refractivity (Wildman–Crippen MR) is 98.8 cm³/mol. The molecule has 24 heavy (non-hydrogen) atoms. The standard InChI is InChI=1S/C10H15N3S.C3H8.C2H4O4P/c14-8-4-9-11-5-3-10(12-9)13-6-1-2-7-13;1-3-2;1-5-7(4)6-2-3/h3,5,14H,1-2,4,6-8H2;3H2,1-2H3;2H,1H3/q;;+1. The molecular formula is C15H27N3O4PS+. The second-order valence-electron chi connectivity index (χ2n) is 4.81. The lowest BCUT2D eigenvalue weighted by Gasteiger charge is -2.16. The van der Waals surface area contributed by atoms with E-state index >= 15 is 0 Å². The van der Waals surface area contributed by atoms with Gasteiger partial charge in [0.1, 0.15) is 11.6 Å². The van der Waals surface area contributed by atoms with E-state index in [1.165, 1.54) is 26.4 Å². The molecule has 0 radical (unpaired) electrons. The molecule has 0 aliphatic carbocycles. The van der Waals surface area contributed by atoms with Gasteiger partial charge in [-0.2, -0.15) is 17.2 Å². The van der Waals surface area contributed by atoms with E-state index in [-0.39, 0.29) is 6.47 Å². The Kier molecular flexibility index (Phi) is 14.5. The molecule has 1 fully saturated rings. The fourth-order valence-corrected chi connectivity index (χ4v) is 2.17. The number of hydrogen-bond donors (Lipinski definition) is 1. The number of aryl methyl sites for hydroxylation is 1. The predicted octanol–water partition coefficient (Wildman–Crippen LogP) is 3.43. The monoisotopic (exact) mass is 376 g/mol. The zero-order chi connectivity index (χ0) is 18.2. The van der Waals surface area contributed by atoms with Crippen LogP contribution in [0.3, 0.4) is 0 Å². The number of carbonyl (C=O) groups excluding carboxylic acids is 1. The van der Waals surface area contributed by atoms with Crippen LogP contribution in [0.25, 0.3) is 0 Å². The van der Waals surface area contributed by atoms with E-state index in [4.69, 9.17) is 0 Å². The maximum atomic E-state index is 9.88. The zero-order valence-corrected chi connectivity index (χ0v) is 16.3. The third-order valence-electron chi connectivity index (χ3n) is 2.73. The number of hydrogen-bond acceptors (Lipinski definition) is 8. The Bertz CT molecular complexity index is 474. The average Bonchev–Trinajstić information content (AvgIpc) is 3.11. The van der Waals surface area contributed by atoms with E-state index in [1.54, 1.807) is 0 Å². The molecule has 0 bridgehead atoms. The lowest BCUT2D eigenvalue weighted by molar-refractivity contribution is -0.120. The molecule has 1 aromatic heterocycles. The summed E-state index contributed by atoms with van der Waals surface area (Å²) in [5.74, 6) is 2.79. The van der Waals surface area contributed by atoms with Crippen LogP contribution in [0.15, 0.2) is 12.3 Å². The summed E-state index contributed by atoms with van der Waals surface area (Å²) in [5, 5.41) is 0. The maximum absolute atomic E-state index is 9.88. The third kappa shape index (κ3) is 10.5. The van der Waals surface area contributed by atoms with Crippen molar-refractivity contribution in [3.05, 3.63) is 18.1 Å². The molecule has 0 spiro atoms. The number of aromatic nitrogens is 2. The van der Waals surface area contributed by atoms with Crippen LogP contribution in [0, 0.1) is 0 Å². The van der Waals surface area contributed by atoms with Crippen LogP contribution in [0.5, 0.6) is 0 Å². The first-order valence-corrected chi connectivity index (χ1v) is 9.65. The Hall–Kier alpha value is -1.24. The van der Waals surface area contributed by atoms with E-state index < -0.39 is 8.25 Å². The number of nitrogens with zero attached hydrogens (tertiary/aromatic N) is 3. The van der Waals surface area contributed by atoms with Gasteiger partial charge in [-0.3, -0.25) is 4.79 Å². The summed E-state index contributed by atoms with van der Waals surface area (Å²) in [4.78, 5) is 20.3.